The van der Waals surface area contributed by atoms with Crippen molar-refractivity contribution in [1.29, 1.82) is 0 Å². The maximum absolute atomic E-state index is 4.79. The van der Waals surface area contributed by atoms with E-state index in [0.717, 1.165) is 42.3 Å². The number of hydrogen-bond donors (Lipinski definition) is 2. The highest BCUT2D eigenvalue weighted by Gasteiger charge is 2.22. The van der Waals surface area contributed by atoms with Crippen molar-refractivity contribution in [2.45, 2.75) is 13.0 Å². The number of piperazine rings is 1. The summed E-state index contributed by atoms with van der Waals surface area (Å²) in [4.78, 5) is 11.8. The summed E-state index contributed by atoms with van der Waals surface area (Å²) in [5.41, 5.74) is 1.88. The monoisotopic (exact) mass is 257 g/mol. The van der Waals surface area contributed by atoms with Crippen molar-refractivity contribution in [1.82, 2.24) is 15.3 Å². The van der Waals surface area contributed by atoms with Gasteiger partial charge in [-0.15, -0.1) is 0 Å². The largest absolute Gasteiger partial charge is 0.370 e. The number of nitrogens with zero attached hydrogens (tertiary/aromatic N) is 3. The summed E-state index contributed by atoms with van der Waals surface area (Å²) in [6, 6.07) is 8.42. The van der Waals surface area contributed by atoms with Gasteiger partial charge in [0.2, 0.25) is 0 Å². The quantitative estimate of drug-likeness (QED) is 0.853. The van der Waals surface area contributed by atoms with Crippen LogP contribution in [-0.4, -0.2) is 42.7 Å². The van der Waals surface area contributed by atoms with Crippen molar-refractivity contribution in [3.05, 3.63) is 24.3 Å². The van der Waals surface area contributed by atoms with E-state index in [1.54, 1.807) is 0 Å². The molecule has 1 aliphatic heterocycles. The molecule has 1 fully saturated rings. The Morgan fingerprint density at radius 2 is 2.00 bits per heavy atom. The molecule has 1 atom stereocenters. The van der Waals surface area contributed by atoms with Gasteiger partial charge < -0.3 is 15.5 Å². The van der Waals surface area contributed by atoms with Gasteiger partial charge in [-0.1, -0.05) is 12.1 Å². The maximum Gasteiger partial charge on any atom is 0.172 e. The Bertz CT molecular complexity index is 583. The van der Waals surface area contributed by atoms with Gasteiger partial charge in [-0.25, -0.2) is 9.97 Å². The second-order valence-electron chi connectivity index (χ2n) is 4.88. The first kappa shape index (κ1) is 12.2. The van der Waals surface area contributed by atoms with Crippen LogP contribution in [0.2, 0.25) is 0 Å². The summed E-state index contributed by atoms with van der Waals surface area (Å²) in [7, 11) is 1.90. The number of aromatic nitrogens is 2. The van der Waals surface area contributed by atoms with Crippen LogP contribution in [0.4, 0.5) is 11.6 Å². The average Bonchev–Trinajstić information content (AvgIpc) is 2.46. The Morgan fingerprint density at radius 1 is 1.26 bits per heavy atom. The third-order valence-corrected chi connectivity index (χ3v) is 3.56. The summed E-state index contributed by atoms with van der Waals surface area (Å²) in [6.45, 7) is 5.14. The van der Waals surface area contributed by atoms with Gasteiger partial charge in [0.15, 0.2) is 11.6 Å². The van der Waals surface area contributed by atoms with Gasteiger partial charge in [0.1, 0.15) is 0 Å². The number of para-hydroxylation sites is 2. The highest BCUT2D eigenvalue weighted by atomic mass is 15.3. The van der Waals surface area contributed by atoms with Crippen LogP contribution >= 0.6 is 0 Å². The lowest BCUT2D eigenvalue weighted by Gasteiger charge is -2.35. The predicted molar refractivity (Wildman–Crippen MR) is 78.8 cm³/mol. The zero-order valence-corrected chi connectivity index (χ0v) is 11.3. The van der Waals surface area contributed by atoms with Crippen molar-refractivity contribution < 1.29 is 0 Å². The van der Waals surface area contributed by atoms with Crippen molar-refractivity contribution in [2.24, 2.45) is 0 Å². The summed E-state index contributed by atoms with van der Waals surface area (Å²) in [6.07, 6.45) is 0. The fraction of sp³-hybridized carbons (Fsp3) is 0.429. The van der Waals surface area contributed by atoms with Crippen molar-refractivity contribution in [2.75, 3.05) is 36.9 Å². The fourth-order valence-electron chi connectivity index (χ4n) is 2.51. The molecule has 5 nitrogen and oxygen atoms in total. The van der Waals surface area contributed by atoms with E-state index in [0.29, 0.717) is 6.04 Å². The summed E-state index contributed by atoms with van der Waals surface area (Å²) >= 11 is 0. The molecule has 5 heteroatoms. The third-order valence-electron chi connectivity index (χ3n) is 3.56. The van der Waals surface area contributed by atoms with Crippen LogP contribution in [0, 0.1) is 0 Å². The molecule has 2 heterocycles. The fourth-order valence-corrected chi connectivity index (χ4v) is 2.51. The number of benzene rings is 1. The molecule has 19 heavy (non-hydrogen) atoms. The lowest BCUT2D eigenvalue weighted by atomic mass is 10.2. The minimum absolute atomic E-state index is 0.427. The van der Waals surface area contributed by atoms with Crippen LogP contribution in [0.5, 0.6) is 0 Å². The first-order valence-corrected chi connectivity index (χ1v) is 6.71. The van der Waals surface area contributed by atoms with Gasteiger partial charge in [0.25, 0.3) is 0 Å². The topological polar surface area (TPSA) is 53.1 Å². The molecule has 1 aliphatic rings. The van der Waals surface area contributed by atoms with E-state index >= 15 is 0 Å². The average molecular weight is 257 g/mol. The first-order chi connectivity index (χ1) is 9.29. The van der Waals surface area contributed by atoms with E-state index in [9.17, 15) is 0 Å². The van der Waals surface area contributed by atoms with Crippen LogP contribution in [0.1, 0.15) is 6.92 Å². The maximum atomic E-state index is 4.79. The molecule has 0 spiro atoms. The number of hydrogen-bond acceptors (Lipinski definition) is 5. The Labute approximate surface area is 113 Å². The van der Waals surface area contributed by atoms with Crippen molar-refractivity contribution in [3.63, 3.8) is 0 Å². The van der Waals surface area contributed by atoms with Crippen molar-refractivity contribution in [3.8, 4) is 0 Å². The highest BCUT2D eigenvalue weighted by Crippen LogP contribution is 2.26. The normalized spacial score (nSPS) is 19.7. The third kappa shape index (κ3) is 2.21. The standard InChI is InChI=1S/C14H19N5/c1-10-9-16-7-8-19(10)14-13(15-2)17-11-5-3-4-6-12(11)18-14/h3-6,10,16H,7-9H2,1-2H3,(H,15,17)/t10-/m1/s1. The molecule has 2 N–H and O–H groups in total. The Morgan fingerprint density at radius 3 is 2.68 bits per heavy atom. The number of anilines is 2. The zero-order valence-electron chi connectivity index (χ0n) is 11.3. The number of fused-ring (bicyclic) bond motifs is 1. The van der Waals surface area contributed by atoms with Crippen LogP contribution in [0.15, 0.2) is 24.3 Å². The molecule has 1 aromatic heterocycles. The van der Waals surface area contributed by atoms with E-state index in [1.165, 1.54) is 0 Å². The molecule has 3 rings (SSSR count). The van der Waals surface area contributed by atoms with Crippen LogP contribution in [0.25, 0.3) is 11.0 Å². The molecule has 0 aliphatic carbocycles. The van der Waals surface area contributed by atoms with Gasteiger partial charge in [0, 0.05) is 32.7 Å². The van der Waals surface area contributed by atoms with Gasteiger partial charge in [-0.3, -0.25) is 0 Å². The lowest BCUT2D eigenvalue weighted by Crippen LogP contribution is -2.50. The van der Waals surface area contributed by atoms with E-state index < -0.39 is 0 Å². The molecule has 100 valence electrons. The van der Waals surface area contributed by atoms with E-state index in [1.807, 2.05) is 31.3 Å². The minimum Gasteiger partial charge on any atom is -0.370 e. The summed E-state index contributed by atoms with van der Waals surface area (Å²) < 4.78 is 0. The second-order valence-corrected chi connectivity index (χ2v) is 4.88. The minimum atomic E-state index is 0.427. The molecule has 1 saturated heterocycles. The SMILES string of the molecule is CNc1nc2ccccc2nc1N1CCNC[C@H]1C. The summed E-state index contributed by atoms with van der Waals surface area (Å²) in [5.74, 6) is 1.81. The van der Waals surface area contributed by atoms with Gasteiger partial charge in [-0.05, 0) is 19.1 Å². The molecular weight excluding hydrogens is 238 g/mol. The zero-order chi connectivity index (χ0) is 13.2. The van der Waals surface area contributed by atoms with Crippen LogP contribution < -0.4 is 15.5 Å². The van der Waals surface area contributed by atoms with Gasteiger partial charge in [-0.2, -0.15) is 0 Å². The Hall–Kier alpha value is -1.88. The molecule has 0 bridgehead atoms. The van der Waals surface area contributed by atoms with Crippen LogP contribution in [-0.2, 0) is 0 Å². The molecule has 1 aromatic carbocycles. The molecule has 0 saturated carbocycles. The number of nitrogens with one attached hydrogen (secondary N) is 2. The van der Waals surface area contributed by atoms with Crippen LogP contribution in [0.3, 0.4) is 0 Å². The predicted octanol–water partition coefficient (Wildman–Crippen LogP) is 1.47. The lowest BCUT2D eigenvalue weighted by molar-refractivity contribution is 0.497. The molecular formula is C14H19N5. The van der Waals surface area contributed by atoms with E-state index in [2.05, 4.69) is 27.4 Å². The van der Waals surface area contributed by atoms with Gasteiger partial charge in [0.05, 0.1) is 11.0 Å². The van der Waals surface area contributed by atoms with Gasteiger partial charge >= 0.3 is 0 Å². The van der Waals surface area contributed by atoms with E-state index in [-0.39, 0.29) is 0 Å². The second kappa shape index (κ2) is 5.01. The first-order valence-electron chi connectivity index (χ1n) is 6.71. The van der Waals surface area contributed by atoms with E-state index in [4.69, 9.17) is 4.98 Å². The molecule has 2 aromatic rings. The molecule has 0 amide bonds. The molecule has 0 unspecified atom stereocenters. The smallest absolute Gasteiger partial charge is 0.172 e. The number of rotatable bonds is 2. The Kier molecular flexibility index (Phi) is 3.21. The molecule has 0 radical (unpaired) electrons. The highest BCUT2D eigenvalue weighted by molar-refractivity contribution is 5.80. The Balaban J connectivity index is 2.10. The summed E-state index contributed by atoms with van der Waals surface area (Å²) in [5, 5.41) is 6.57. The van der Waals surface area contributed by atoms with Crippen molar-refractivity contribution >= 4 is 22.7 Å².